The van der Waals surface area contributed by atoms with Crippen LogP contribution < -0.4 is 5.32 Å². The van der Waals surface area contributed by atoms with Crippen molar-refractivity contribution in [3.8, 4) is 0 Å². The van der Waals surface area contributed by atoms with Crippen molar-refractivity contribution >= 4 is 34.8 Å². The number of thiophene rings is 1. The molecule has 0 aliphatic heterocycles. The molecule has 0 aliphatic rings. The fraction of sp³-hybridized carbons (Fsp3) is 0.294. The normalized spacial score (nSPS) is 10.7. The average Bonchev–Trinajstić information content (AvgIpc) is 2.97. The van der Waals surface area contributed by atoms with E-state index in [1.807, 2.05) is 24.1 Å². The summed E-state index contributed by atoms with van der Waals surface area (Å²) in [6.45, 7) is 1.40. The van der Waals surface area contributed by atoms with Gasteiger partial charge in [-0.25, -0.2) is 4.79 Å². The van der Waals surface area contributed by atoms with Gasteiger partial charge >= 0.3 is 5.97 Å². The zero-order valence-corrected chi connectivity index (χ0v) is 15.1. The van der Waals surface area contributed by atoms with Gasteiger partial charge in [0.1, 0.15) is 0 Å². The number of hydrogen-bond acceptors (Lipinski definition) is 5. The minimum absolute atomic E-state index is 0.0582. The van der Waals surface area contributed by atoms with E-state index in [0.717, 1.165) is 14.8 Å². The van der Waals surface area contributed by atoms with Gasteiger partial charge in [0, 0.05) is 18.0 Å². The Labute approximate surface area is 150 Å². The fourth-order valence-corrected chi connectivity index (χ4v) is 3.30. The quantitative estimate of drug-likeness (QED) is 0.765. The van der Waals surface area contributed by atoms with E-state index in [4.69, 9.17) is 11.6 Å². The Morgan fingerprint density at radius 3 is 2.50 bits per heavy atom. The van der Waals surface area contributed by atoms with Gasteiger partial charge in [-0.2, -0.15) is 0 Å². The summed E-state index contributed by atoms with van der Waals surface area (Å²) in [5.41, 5.74) is 1.41. The Kier molecular flexibility index (Phi) is 6.78. The van der Waals surface area contributed by atoms with Crippen LogP contribution in [0.15, 0.2) is 36.4 Å². The van der Waals surface area contributed by atoms with Crippen molar-refractivity contribution in [1.29, 1.82) is 0 Å². The van der Waals surface area contributed by atoms with Crippen LogP contribution in [-0.4, -0.2) is 37.5 Å². The maximum Gasteiger partial charge on any atom is 0.337 e. The molecular formula is C17H19ClN2O3S. The van der Waals surface area contributed by atoms with Crippen molar-refractivity contribution in [2.24, 2.45) is 0 Å². The number of nitrogens with zero attached hydrogens (tertiary/aromatic N) is 1. The standard InChI is InChI=1S/C17H19ClN2O3S/c1-20(10-14-7-8-15(18)24-14)11-16(21)19-9-12-3-5-13(6-4-12)17(22)23-2/h3-8H,9-11H2,1-2H3,(H,19,21). The van der Waals surface area contributed by atoms with Gasteiger partial charge in [0.25, 0.3) is 0 Å². The first-order valence-electron chi connectivity index (χ1n) is 7.34. The van der Waals surface area contributed by atoms with Crippen molar-refractivity contribution in [1.82, 2.24) is 10.2 Å². The zero-order valence-electron chi connectivity index (χ0n) is 13.5. The van der Waals surface area contributed by atoms with E-state index < -0.39 is 0 Å². The highest BCUT2D eigenvalue weighted by atomic mass is 35.5. The summed E-state index contributed by atoms with van der Waals surface area (Å²) in [6.07, 6.45) is 0. The molecule has 0 aliphatic carbocycles. The van der Waals surface area contributed by atoms with Gasteiger partial charge < -0.3 is 10.1 Å². The summed E-state index contributed by atoms with van der Waals surface area (Å²) in [5, 5.41) is 2.86. The molecule has 1 N–H and O–H groups in total. The SMILES string of the molecule is COC(=O)c1ccc(CNC(=O)CN(C)Cc2ccc(Cl)s2)cc1. The van der Waals surface area contributed by atoms with Gasteiger partial charge in [0.2, 0.25) is 5.91 Å². The van der Waals surface area contributed by atoms with E-state index in [2.05, 4.69) is 10.1 Å². The molecule has 1 aromatic heterocycles. The number of hydrogen-bond donors (Lipinski definition) is 1. The summed E-state index contributed by atoms with van der Waals surface area (Å²) >= 11 is 7.41. The molecule has 2 rings (SSSR count). The Hall–Kier alpha value is -1.89. The van der Waals surface area contributed by atoms with E-state index in [0.29, 0.717) is 25.2 Å². The third kappa shape index (κ3) is 5.63. The Morgan fingerprint density at radius 1 is 1.21 bits per heavy atom. The van der Waals surface area contributed by atoms with Gasteiger partial charge in [-0.1, -0.05) is 23.7 Å². The number of benzene rings is 1. The summed E-state index contributed by atoms with van der Waals surface area (Å²) < 4.78 is 5.40. The second-order valence-corrected chi connectivity index (χ2v) is 7.14. The predicted octanol–water partition coefficient (Wildman–Crippen LogP) is 2.94. The van der Waals surface area contributed by atoms with Crippen molar-refractivity contribution in [3.63, 3.8) is 0 Å². The van der Waals surface area contributed by atoms with Crippen molar-refractivity contribution in [3.05, 3.63) is 56.7 Å². The fourth-order valence-electron chi connectivity index (χ4n) is 2.14. The van der Waals surface area contributed by atoms with Crippen molar-refractivity contribution in [2.45, 2.75) is 13.1 Å². The van der Waals surface area contributed by atoms with E-state index in [-0.39, 0.29) is 11.9 Å². The highest BCUT2D eigenvalue weighted by Gasteiger charge is 2.09. The molecule has 5 nitrogen and oxygen atoms in total. The summed E-state index contributed by atoms with van der Waals surface area (Å²) in [6, 6.07) is 10.8. The number of ether oxygens (including phenoxy) is 1. The number of likely N-dealkylation sites (N-methyl/N-ethyl adjacent to an activating group) is 1. The number of rotatable bonds is 7. The molecule has 0 radical (unpaired) electrons. The molecule has 1 aromatic carbocycles. The highest BCUT2D eigenvalue weighted by Crippen LogP contribution is 2.22. The predicted molar refractivity (Wildman–Crippen MR) is 95.3 cm³/mol. The number of methoxy groups -OCH3 is 1. The van der Waals surface area contributed by atoms with E-state index in [9.17, 15) is 9.59 Å². The largest absolute Gasteiger partial charge is 0.465 e. The maximum atomic E-state index is 12.0. The average molecular weight is 367 g/mol. The molecule has 0 atom stereocenters. The molecule has 2 aromatic rings. The lowest BCUT2D eigenvalue weighted by Gasteiger charge is -2.15. The van der Waals surface area contributed by atoms with Gasteiger partial charge in [0.15, 0.2) is 0 Å². The van der Waals surface area contributed by atoms with E-state index in [1.165, 1.54) is 18.4 Å². The first-order chi connectivity index (χ1) is 11.5. The molecule has 0 saturated carbocycles. The van der Waals surface area contributed by atoms with Crippen LogP contribution in [0.4, 0.5) is 0 Å². The number of halogens is 1. The topological polar surface area (TPSA) is 58.6 Å². The number of esters is 1. The second-order valence-electron chi connectivity index (χ2n) is 5.34. The molecule has 0 bridgehead atoms. The minimum Gasteiger partial charge on any atom is -0.465 e. The number of carbonyl (C=O) groups is 2. The Bertz CT molecular complexity index is 700. The zero-order chi connectivity index (χ0) is 17.5. The molecule has 0 saturated heterocycles. The first kappa shape index (κ1) is 18.4. The minimum atomic E-state index is -0.374. The molecular weight excluding hydrogens is 348 g/mol. The summed E-state index contributed by atoms with van der Waals surface area (Å²) in [4.78, 5) is 26.4. The number of nitrogens with one attached hydrogen (secondary N) is 1. The van der Waals surface area contributed by atoms with Gasteiger partial charge in [0.05, 0.1) is 23.6 Å². The third-order valence-electron chi connectivity index (χ3n) is 3.33. The Balaban J connectivity index is 1.77. The van der Waals surface area contributed by atoms with Crippen molar-refractivity contribution in [2.75, 3.05) is 20.7 Å². The van der Waals surface area contributed by atoms with Gasteiger partial charge in [-0.3, -0.25) is 9.69 Å². The lowest BCUT2D eigenvalue weighted by molar-refractivity contribution is -0.122. The van der Waals surface area contributed by atoms with Gasteiger partial charge in [-0.05, 0) is 36.9 Å². The van der Waals surface area contributed by atoms with Crippen LogP contribution in [0.3, 0.4) is 0 Å². The van der Waals surface area contributed by atoms with Crippen LogP contribution in [-0.2, 0) is 22.6 Å². The molecule has 1 amide bonds. The van der Waals surface area contributed by atoms with Gasteiger partial charge in [-0.15, -0.1) is 11.3 Å². The molecule has 0 fully saturated rings. The molecule has 0 unspecified atom stereocenters. The van der Waals surface area contributed by atoms with E-state index in [1.54, 1.807) is 24.3 Å². The number of carbonyl (C=O) groups excluding carboxylic acids is 2. The van der Waals surface area contributed by atoms with Crippen LogP contribution in [0, 0.1) is 0 Å². The van der Waals surface area contributed by atoms with Crippen molar-refractivity contribution < 1.29 is 14.3 Å². The summed E-state index contributed by atoms with van der Waals surface area (Å²) in [7, 11) is 3.23. The molecule has 0 spiro atoms. The van der Waals surface area contributed by atoms with Crippen LogP contribution in [0.2, 0.25) is 4.34 Å². The second kappa shape index (κ2) is 8.82. The molecule has 24 heavy (non-hydrogen) atoms. The summed E-state index contributed by atoms with van der Waals surface area (Å²) in [5.74, 6) is -0.432. The van der Waals surface area contributed by atoms with Crippen LogP contribution in [0.25, 0.3) is 0 Å². The lowest BCUT2D eigenvalue weighted by atomic mass is 10.1. The monoisotopic (exact) mass is 366 g/mol. The maximum absolute atomic E-state index is 12.0. The number of amides is 1. The Morgan fingerprint density at radius 2 is 1.92 bits per heavy atom. The smallest absolute Gasteiger partial charge is 0.337 e. The van der Waals surface area contributed by atoms with Crippen LogP contribution in [0.1, 0.15) is 20.8 Å². The highest BCUT2D eigenvalue weighted by molar-refractivity contribution is 7.16. The third-order valence-corrected chi connectivity index (χ3v) is 4.55. The van der Waals surface area contributed by atoms with Crippen LogP contribution in [0.5, 0.6) is 0 Å². The molecule has 7 heteroatoms. The van der Waals surface area contributed by atoms with Crippen LogP contribution >= 0.6 is 22.9 Å². The first-order valence-corrected chi connectivity index (χ1v) is 8.54. The molecule has 1 heterocycles. The molecule has 128 valence electrons. The lowest BCUT2D eigenvalue weighted by Crippen LogP contribution is -2.34. The van der Waals surface area contributed by atoms with E-state index >= 15 is 0 Å².